The molecule has 0 unspecified atom stereocenters. The number of sulfone groups is 1. The number of hydrogen-bond acceptors (Lipinski definition) is 7. The van der Waals surface area contributed by atoms with E-state index in [0.29, 0.717) is 35.1 Å². The Balaban J connectivity index is 1.66. The minimum Gasteiger partial charge on any atom is -0.487 e. The second kappa shape index (κ2) is 8.22. The highest BCUT2D eigenvalue weighted by molar-refractivity contribution is 7.95. The maximum Gasteiger partial charge on any atom is 0.269 e. The van der Waals surface area contributed by atoms with Crippen molar-refractivity contribution >= 4 is 21.6 Å². The van der Waals surface area contributed by atoms with Crippen molar-refractivity contribution in [1.29, 1.82) is 5.26 Å². The number of benzene rings is 2. The maximum atomic E-state index is 12.9. The van der Waals surface area contributed by atoms with Gasteiger partial charge in [-0.25, -0.2) is 13.4 Å². The molecule has 0 spiro atoms. The van der Waals surface area contributed by atoms with Crippen LogP contribution in [-0.4, -0.2) is 24.9 Å². The van der Waals surface area contributed by atoms with Crippen LogP contribution in [0.1, 0.15) is 35.3 Å². The lowest BCUT2D eigenvalue weighted by Gasteiger charge is -2.16. The van der Waals surface area contributed by atoms with Crippen molar-refractivity contribution in [2.24, 2.45) is 0 Å². The first-order chi connectivity index (χ1) is 15.6. The van der Waals surface area contributed by atoms with E-state index in [9.17, 15) is 13.2 Å². The quantitative estimate of drug-likeness (QED) is 0.440. The van der Waals surface area contributed by atoms with Gasteiger partial charge >= 0.3 is 0 Å². The lowest BCUT2D eigenvalue weighted by Crippen LogP contribution is -2.24. The Morgan fingerprint density at radius 2 is 1.91 bits per heavy atom. The number of hydrogen-bond donors (Lipinski definition) is 1. The summed E-state index contributed by atoms with van der Waals surface area (Å²) in [6.45, 7) is 5.78. The first-order valence-corrected chi connectivity index (χ1v) is 11.6. The molecule has 3 aromatic rings. The number of thiocyanates is 1. The van der Waals surface area contributed by atoms with Gasteiger partial charge in [0.15, 0.2) is 5.40 Å². The van der Waals surface area contributed by atoms with Crippen molar-refractivity contribution in [1.82, 2.24) is 4.98 Å². The van der Waals surface area contributed by atoms with Gasteiger partial charge < -0.3 is 14.8 Å². The predicted molar refractivity (Wildman–Crippen MR) is 121 cm³/mol. The number of aryl methyl sites for hydroxylation is 1. The van der Waals surface area contributed by atoms with E-state index in [2.05, 4.69) is 10.3 Å². The number of carbonyl (C=O) groups excluding carboxylic acids is 1. The molecule has 0 radical (unpaired) electrons. The van der Waals surface area contributed by atoms with Gasteiger partial charge in [-0.3, -0.25) is 4.79 Å². The van der Waals surface area contributed by atoms with E-state index in [0.717, 1.165) is 11.1 Å². The molecule has 2 aromatic carbocycles. The van der Waals surface area contributed by atoms with E-state index in [1.165, 1.54) is 29.7 Å². The number of fused-ring (bicyclic) bond motifs is 1. The number of carbonyl (C=O) groups is 1. The number of aromatic nitrogens is 1. The highest BCUT2D eigenvalue weighted by Gasteiger charge is 2.34. The smallest absolute Gasteiger partial charge is 0.269 e. The van der Waals surface area contributed by atoms with E-state index in [-0.39, 0.29) is 10.8 Å². The minimum absolute atomic E-state index is 0.120. The van der Waals surface area contributed by atoms with Crippen LogP contribution in [0.15, 0.2) is 59.6 Å². The van der Waals surface area contributed by atoms with E-state index in [1.54, 1.807) is 24.4 Å². The molecule has 0 saturated carbocycles. The fraction of sp³-hybridized carbons (Fsp3) is 0.208. The van der Waals surface area contributed by atoms with Crippen molar-refractivity contribution in [2.45, 2.75) is 37.7 Å². The van der Waals surface area contributed by atoms with Crippen LogP contribution < -0.4 is 14.8 Å². The van der Waals surface area contributed by atoms with E-state index in [1.807, 2.05) is 26.8 Å². The summed E-state index contributed by atoms with van der Waals surface area (Å²) in [7, 11) is -3.99. The Kier molecular flexibility index (Phi) is 5.56. The maximum absolute atomic E-state index is 12.9. The number of rotatable bonds is 5. The molecule has 1 aromatic heterocycles. The highest BCUT2D eigenvalue weighted by Crippen LogP contribution is 2.43. The lowest BCUT2D eigenvalue weighted by molar-refractivity contribution is 0.102. The van der Waals surface area contributed by atoms with Crippen molar-refractivity contribution in [2.75, 3.05) is 5.32 Å². The van der Waals surface area contributed by atoms with Crippen molar-refractivity contribution in [3.05, 3.63) is 71.4 Å². The Morgan fingerprint density at radius 1 is 1.18 bits per heavy atom. The Morgan fingerprint density at radius 3 is 2.55 bits per heavy atom. The number of ether oxygens (including phenoxy) is 2. The molecule has 168 valence electrons. The topological polar surface area (TPSA) is 118 Å². The van der Waals surface area contributed by atoms with Gasteiger partial charge in [-0.1, -0.05) is 6.07 Å². The van der Waals surface area contributed by atoms with Crippen LogP contribution in [0.2, 0.25) is 0 Å². The highest BCUT2D eigenvalue weighted by atomic mass is 32.2. The Labute approximate surface area is 191 Å². The molecule has 4 rings (SSSR count). The standard InChI is InChI=1S/C24H21N3O5S/c1-15-4-9-22(26-13-15)27-23(28)16-10-20(19-12-24(2,3)32-21(19)11-16)31-17-5-7-18(8-6-17)33(29,30)14-25/h4-11,13H,12H2,1-3H3,(H,26,27,28). The zero-order valence-electron chi connectivity index (χ0n) is 18.2. The first-order valence-electron chi connectivity index (χ1n) is 10.1. The monoisotopic (exact) mass is 463 g/mol. The van der Waals surface area contributed by atoms with Crippen molar-refractivity contribution < 1.29 is 22.7 Å². The molecule has 8 nitrogen and oxygen atoms in total. The average molecular weight is 464 g/mol. The summed E-state index contributed by atoms with van der Waals surface area (Å²) in [5.41, 5.74) is 1.63. The van der Waals surface area contributed by atoms with Crippen molar-refractivity contribution in [3.8, 4) is 22.6 Å². The van der Waals surface area contributed by atoms with E-state index < -0.39 is 15.4 Å². The Hall–Kier alpha value is -3.90. The molecule has 1 amide bonds. The molecule has 9 heteroatoms. The van der Waals surface area contributed by atoms with Crippen molar-refractivity contribution in [3.63, 3.8) is 0 Å². The molecular weight excluding hydrogens is 442 g/mol. The van der Waals surface area contributed by atoms with Gasteiger partial charge in [0.25, 0.3) is 15.7 Å². The van der Waals surface area contributed by atoms with Crippen LogP contribution in [0.25, 0.3) is 0 Å². The summed E-state index contributed by atoms with van der Waals surface area (Å²) < 4.78 is 35.5. The van der Waals surface area contributed by atoms with Gasteiger partial charge in [0.1, 0.15) is 28.7 Å². The van der Waals surface area contributed by atoms with Gasteiger partial charge in [0, 0.05) is 23.7 Å². The molecule has 2 heterocycles. The van der Waals surface area contributed by atoms with Gasteiger partial charge in [-0.05, 0) is 68.8 Å². The third-order valence-corrected chi connectivity index (χ3v) is 6.19. The van der Waals surface area contributed by atoms with Crippen LogP contribution >= 0.6 is 0 Å². The molecule has 1 N–H and O–H groups in total. The van der Waals surface area contributed by atoms with Gasteiger partial charge in [-0.2, -0.15) is 5.26 Å². The number of pyridine rings is 1. The minimum atomic E-state index is -3.99. The van der Waals surface area contributed by atoms with Crippen LogP contribution in [-0.2, 0) is 16.3 Å². The van der Waals surface area contributed by atoms with Crippen LogP contribution in [0.4, 0.5) is 5.82 Å². The molecule has 0 atom stereocenters. The number of anilines is 1. The number of nitrogens with one attached hydrogen (secondary N) is 1. The fourth-order valence-corrected chi connectivity index (χ4v) is 4.06. The summed E-state index contributed by atoms with van der Waals surface area (Å²) in [4.78, 5) is 17.0. The third kappa shape index (κ3) is 4.81. The summed E-state index contributed by atoms with van der Waals surface area (Å²) in [6, 6.07) is 12.4. The third-order valence-electron chi connectivity index (χ3n) is 5.05. The van der Waals surface area contributed by atoms with E-state index in [4.69, 9.17) is 14.7 Å². The molecule has 0 fully saturated rings. The molecule has 1 aliphatic heterocycles. The molecule has 1 aliphatic rings. The normalized spacial score (nSPS) is 14.0. The molecule has 0 saturated heterocycles. The summed E-state index contributed by atoms with van der Waals surface area (Å²) in [5.74, 6) is 1.38. The summed E-state index contributed by atoms with van der Waals surface area (Å²) >= 11 is 0. The molecule has 33 heavy (non-hydrogen) atoms. The fourth-order valence-electron chi connectivity index (χ4n) is 3.46. The van der Waals surface area contributed by atoms with Crippen LogP contribution in [0, 0.1) is 17.6 Å². The van der Waals surface area contributed by atoms with Gasteiger partial charge in [0.05, 0.1) is 4.90 Å². The molecular formula is C24H21N3O5S. The number of nitrogens with zero attached hydrogens (tertiary/aromatic N) is 2. The SMILES string of the molecule is Cc1ccc(NC(=O)c2cc(Oc3ccc(S(=O)(=O)C#N)cc3)c3c(c2)OC(C)(C)C3)nc1. The second-order valence-corrected chi connectivity index (χ2v) is 9.99. The second-order valence-electron chi connectivity index (χ2n) is 8.33. The summed E-state index contributed by atoms with van der Waals surface area (Å²) in [5, 5.41) is 12.8. The van der Waals surface area contributed by atoms with Gasteiger partial charge in [-0.15, -0.1) is 0 Å². The zero-order valence-corrected chi connectivity index (χ0v) is 19.1. The lowest BCUT2D eigenvalue weighted by atomic mass is 9.99. The predicted octanol–water partition coefficient (Wildman–Crippen LogP) is 4.40. The van der Waals surface area contributed by atoms with Crippen LogP contribution in [0.5, 0.6) is 17.2 Å². The van der Waals surface area contributed by atoms with Crippen LogP contribution in [0.3, 0.4) is 0 Å². The Bertz CT molecular complexity index is 1370. The van der Waals surface area contributed by atoms with Gasteiger partial charge in [0.2, 0.25) is 0 Å². The average Bonchev–Trinajstić information content (AvgIpc) is 3.10. The molecule has 0 aliphatic carbocycles. The number of amides is 1. The summed E-state index contributed by atoms with van der Waals surface area (Å²) in [6.07, 6.45) is 2.23. The number of nitriles is 1. The van der Waals surface area contributed by atoms with E-state index >= 15 is 0 Å². The largest absolute Gasteiger partial charge is 0.487 e. The first kappa shape index (κ1) is 22.3. The molecule has 0 bridgehead atoms. The zero-order chi connectivity index (χ0) is 23.8.